The van der Waals surface area contributed by atoms with Crippen LogP contribution in [-0.2, 0) is 10.0 Å². The van der Waals surface area contributed by atoms with Gasteiger partial charge in [0.05, 0.1) is 0 Å². The fraction of sp³-hybridized carbons (Fsp3) is 0.545. The summed E-state index contributed by atoms with van der Waals surface area (Å²) >= 11 is 3.22. The minimum Gasteiger partial charge on any atom is -0.396 e. The van der Waals surface area contributed by atoms with Crippen molar-refractivity contribution in [2.45, 2.75) is 17.7 Å². The summed E-state index contributed by atoms with van der Waals surface area (Å²) in [7, 11) is -3.64. The van der Waals surface area contributed by atoms with Crippen LogP contribution in [-0.4, -0.2) is 42.5 Å². The minimum absolute atomic E-state index is 0.0547. The lowest BCUT2D eigenvalue weighted by Crippen LogP contribution is -2.30. The van der Waals surface area contributed by atoms with Crippen LogP contribution >= 0.6 is 15.9 Å². The first-order valence-electron chi connectivity index (χ1n) is 6.22. The second kappa shape index (κ2) is 6.35. The van der Waals surface area contributed by atoms with Crippen molar-refractivity contribution >= 4 is 31.8 Å². The van der Waals surface area contributed by atoms with E-state index in [9.17, 15) is 8.42 Å². The van der Waals surface area contributed by atoms with Crippen LogP contribution in [0, 0.1) is 5.92 Å². The minimum atomic E-state index is -3.64. The molecule has 0 aliphatic carbocycles. The number of pyridine rings is 1. The third kappa shape index (κ3) is 3.12. The summed E-state index contributed by atoms with van der Waals surface area (Å²) < 4.78 is 27.2. The summed E-state index contributed by atoms with van der Waals surface area (Å²) in [5.74, 6) is 5.65. The third-order valence-corrected chi connectivity index (χ3v) is 5.67. The number of nitrogens with one attached hydrogen (secondary N) is 1. The van der Waals surface area contributed by atoms with E-state index >= 15 is 0 Å². The van der Waals surface area contributed by atoms with Crippen molar-refractivity contribution in [2.24, 2.45) is 11.8 Å². The van der Waals surface area contributed by atoms with Crippen LogP contribution in [0.1, 0.15) is 12.8 Å². The molecule has 1 aromatic heterocycles. The molecule has 1 aliphatic heterocycles. The van der Waals surface area contributed by atoms with Crippen LogP contribution < -0.4 is 11.3 Å². The van der Waals surface area contributed by atoms with Crippen LogP contribution in [0.5, 0.6) is 0 Å². The third-order valence-electron chi connectivity index (χ3n) is 3.36. The van der Waals surface area contributed by atoms with Crippen molar-refractivity contribution in [2.75, 3.05) is 25.1 Å². The van der Waals surface area contributed by atoms with Gasteiger partial charge < -0.3 is 10.5 Å². The van der Waals surface area contributed by atoms with E-state index in [2.05, 4.69) is 26.3 Å². The lowest BCUT2D eigenvalue weighted by Gasteiger charge is -2.18. The number of aliphatic hydroxyl groups excluding tert-OH is 1. The SMILES string of the molecule is NNc1ncc(Br)cc1S(=O)(=O)N1CCC(CCO)C1. The second-order valence-corrected chi connectivity index (χ2v) is 7.50. The summed E-state index contributed by atoms with van der Waals surface area (Å²) in [5, 5.41) is 8.94. The van der Waals surface area contributed by atoms with E-state index in [0.717, 1.165) is 6.42 Å². The smallest absolute Gasteiger partial charge is 0.246 e. The predicted octanol–water partition coefficient (Wildman–Crippen LogP) is 0.523. The van der Waals surface area contributed by atoms with E-state index < -0.39 is 10.0 Å². The average Bonchev–Trinajstić information content (AvgIpc) is 2.88. The van der Waals surface area contributed by atoms with Gasteiger partial charge >= 0.3 is 0 Å². The Balaban J connectivity index is 2.29. The van der Waals surface area contributed by atoms with Gasteiger partial charge in [0.25, 0.3) is 0 Å². The van der Waals surface area contributed by atoms with Crippen molar-refractivity contribution in [1.29, 1.82) is 0 Å². The highest BCUT2D eigenvalue weighted by Gasteiger charge is 2.34. The van der Waals surface area contributed by atoms with Gasteiger partial charge in [-0.2, -0.15) is 4.31 Å². The van der Waals surface area contributed by atoms with E-state index in [0.29, 0.717) is 24.0 Å². The molecule has 0 saturated carbocycles. The van der Waals surface area contributed by atoms with E-state index in [1.54, 1.807) is 0 Å². The molecular weight excluding hydrogens is 348 g/mol. The molecule has 7 nitrogen and oxygen atoms in total. The van der Waals surface area contributed by atoms with E-state index in [1.807, 2.05) is 0 Å². The molecule has 0 bridgehead atoms. The van der Waals surface area contributed by atoms with Gasteiger partial charge in [-0.25, -0.2) is 19.2 Å². The largest absolute Gasteiger partial charge is 0.396 e. The number of halogens is 1. The van der Waals surface area contributed by atoms with Crippen LogP contribution in [0.2, 0.25) is 0 Å². The fourth-order valence-electron chi connectivity index (χ4n) is 2.30. The zero-order chi connectivity index (χ0) is 14.8. The molecule has 20 heavy (non-hydrogen) atoms. The number of nitrogens with two attached hydrogens (primary N) is 1. The molecule has 0 aromatic carbocycles. The Morgan fingerprint density at radius 1 is 1.60 bits per heavy atom. The van der Waals surface area contributed by atoms with Crippen molar-refractivity contribution in [3.8, 4) is 0 Å². The summed E-state index contributed by atoms with van der Waals surface area (Å²) in [6, 6.07) is 1.48. The molecule has 112 valence electrons. The van der Waals surface area contributed by atoms with Gasteiger partial charge in [-0.05, 0) is 40.8 Å². The normalized spacial score (nSPS) is 20.2. The maximum atomic E-state index is 12.6. The second-order valence-electron chi connectivity index (χ2n) is 4.67. The Morgan fingerprint density at radius 2 is 2.35 bits per heavy atom. The average molecular weight is 365 g/mol. The van der Waals surface area contributed by atoms with Gasteiger partial charge in [0.2, 0.25) is 10.0 Å². The Labute approximate surface area is 126 Å². The summed E-state index contributed by atoms with van der Waals surface area (Å²) in [4.78, 5) is 4.02. The molecule has 1 aliphatic rings. The molecule has 0 amide bonds. The van der Waals surface area contributed by atoms with Gasteiger partial charge in [-0.3, -0.25) is 0 Å². The molecule has 1 saturated heterocycles. The van der Waals surface area contributed by atoms with Gasteiger partial charge in [0, 0.05) is 30.4 Å². The number of hydrazine groups is 1. The first kappa shape index (κ1) is 15.6. The Morgan fingerprint density at radius 3 is 3.00 bits per heavy atom. The molecule has 4 N–H and O–H groups in total. The number of sulfonamides is 1. The number of aromatic nitrogens is 1. The van der Waals surface area contributed by atoms with Crippen molar-refractivity contribution in [3.05, 3.63) is 16.7 Å². The molecule has 1 fully saturated rings. The Hall–Kier alpha value is -0.740. The molecule has 1 unspecified atom stereocenters. The zero-order valence-corrected chi connectivity index (χ0v) is 13.2. The molecule has 0 radical (unpaired) electrons. The van der Waals surface area contributed by atoms with Gasteiger partial charge in [-0.1, -0.05) is 0 Å². The number of hydrogen-bond donors (Lipinski definition) is 3. The Kier molecular flexibility index (Phi) is 4.97. The molecule has 0 spiro atoms. The molecular formula is C11H17BrN4O3S. The highest BCUT2D eigenvalue weighted by Crippen LogP contribution is 2.30. The maximum Gasteiger partial charge on any atom is 0.246 e. The number of aliphatic hydroxyl groups is 1. The molecule has 2 heterocycles. The standard InChI is InChI=1S/C11H17BrN4O3S/c12-9-5-10(11(15-13)14-6-9)20(18,19)16-3-1-8(7-16)2-4-17/h5-6,8,17H,1-4,7,13H2,(H,14,15). The van der Waals surface area contributed by atoms with Crippen LogP contribution in [0.25, 0.3) is 0 Å². The van der Waals surface area contributed by atoms with Crippen LogP contribution in [0.15, 0.2) is 21.6 Å². The van der Waals surface area contributed by atoms with Gasteiger partial charge in [0.1, 0.15) is 4.90 Å². The lowest BCUT2D eigenvalue weighted by molar-refractivity contribution is 0.259. The molecule has 1 aromatic rings. The summed E-state index contributed by atoms with van der Waals surface area (Å²) in [6.45, 7) is 0.940. The quantitative estimate of drug-likeness (QED) is 0.519. The number of nitrogens with zero attached hydrogens (tertiary/aromatic N) is 2. The van der Waals surface area contributed by atoms with E-state index in [4.69, 9.17) is 10.9 Å². The molecule has 1 atom stereocenters. The number of anilines is 1. The van der Waals surface area contributed by atoms with Crippen LogP contribution in [0.4, 0.5) is 5.82 Å². The highest BCUT2D eigenvalue weighted by molar-refractivity contribution is 9.10. The first-order valence-corrected chi connectivity index (χ1v) is 8.45. The van der Waals surface area contributed by atoms with E-state index in [-0.39, 0.29) is 23.2 Å². The predicted molar refractivity (Wildman–Crippen MR) is 78.3 cm³/mol. The Bertz CT molecular complexity index is 581. The van der Waals surface area contributed by atoms with Crippen molar-refractivity contribution < 1.29 is 13.5 Å². The zero-order valence-electron chi connectivity index (χ0n) is 10.8. The van der Waals surface area contributed by atoms with Crippen LogP contribution in [0.3, 0.4) is 0 Å². The number of hydrogen-bond acceptors (Lipinski definition) is 6. The molecule has 9 heteroatoms. The van der Waals surface area contributed by atoms with Gasteiger partial charge in [-0.15, -0.1) is 0 Å². The van der Waals surface area contributed by atoms with E-state index in [1.165, 1.54) is 16.6 Å². The van der Waals surface area contributed by atoms with Crippen molar-refractivity contribution in [3.63, 3.8) is 0 Å². The number of nitrogen functional groups attached to an aromatic ring is 1. The summed E-state index contributed by atoms with van der Waals surface area (Å²) in [5.41, 5.74) is 2.31. The lowest BCUT2D eigenvalue weighted by atomic mass is 10.1. The summed E-state index contributed by atoms with van der Waals surface area (Å²) in [6.07, 6.45) is 2.85. The first-order chi connectivity index (χ1) is 9.48. The molecule has 2 rings (SSSR count). The van der Waals surface area contributed by atoms with Crippen molar-refractivity contribution in [1.82, 2.24) is 9.29 Å². The maximum absolute atomic E-state index is 12.6. The monoisotopic (exact) mass is 364 g/mol. The van der Waals surface area contributed by atoms with Gasteiger partial charge in [0.15, 0.2) is 5.82 Å². The topological polar surface area (TPSA) is 109 Å². The fourth-order valence-corrected chi connectivity index (χ4v) is 4.44. The number of rotatable bonds is 5. The highest BCUT2D eigenvalue weighted by atomic mass is 79.9.